The molecule has 1 N–H and O–H groups in total. The van der Waals surface area contributed by atoms with E-state index in [2.05, 4.69) is 21.2 Å². The van der Waals surface area contributed by atoms with E-state index in [1.54, 1.807) is 12.1 Å². The van der Waals surface area contributed by atoms with Gasteiger partial charge in [-0.3, -0.25) is 4.79 Å². The van der Waals surface area contributed by atoms with Gasteiger partial charge in [0.25, 0.3) is 5.91 Å². The number of hydrogen-bond acceptors (Lipinski definition) is 3. The van der Waals surface area contributed by atoms with E-state index in [0.29, 0.717) is 34.7 Å². The topological polar surface area (TPSA) is 47.6 Å². The lowest BCUT2D eigenvalue weighted by atomic mass is 10.1. The van der Waals surface area contributed by atoms with Crippen LogP contribution in [-0.2, 0) is 0 Å². The molecular weight excluding hydrogens is 406 g/mol. The monoisotopic (exact) mass is 427 g/mol. The largest absolute Gasteiger partial charge is 0.490 e. The van der Waals surface area contributed by atoms with E-state index in [9.17, 15) is 4.79 Å². The zero-order chi connectivity index (χ0) is 19.2. The van der Waals surface area contributed by atoms with Gasteiger partial charge in [-0.25, -0.2) is 0 Å². The van der Waals surface area contributed by atoms with Gasteiger partial charge in [-0.2, -0.15) is 0 Å². The van der Waals surface area contributed by atoms with Crippen LogP contribution in [0.1, 0.15) is 30.6 Å². The molecule has 0 atom stereocenters. The maximum Gasteiger partial charge on any atom is 0.255 e. The summed E-state index contributed by atoms with van der Waals surface area (Å²) in [6.45, 7) is 5.02. The van der Waals surface area contributed by atoms with Crippen LogP contribution in [0.3, 0.4) is 0 Å². The normalized spacial score (nSPS) is 10.6. The molecule has 0 aliphatic rings. The maximum atomic E-state index is 12.8. The maximum absolute atomic E-state index is 12.8. The number of halogens is 1. The molecular formula is C22H22BrNO3. The molecule has 0 aliphatic carbocycles. The highest BCUT2D eigenvalue weighted by atomic mass is 79.9. The number of ether oxygens (including phenoxy) is 2. The van der Waals surface area contributed by atoms with Crippen molar-refractivity contribution in [3.8, 4) is 11.5 Å². The van der Waals surface area contributed by atoms with Crippen LogP contribution in [0.2, 0.25) is 0 Å². The minimum absolute atomic E-state index is 0.200. The van der Waals surface area contributed by atoms with Gasteiger partial charge in [-0.1, -0.05) is 37.3 Å². The van der Waals surface area contributed by atoms with Crippen LogP contribution in [0.25, 0.3) is 10.8 Å². The lowest BCUT2D eigenvalue weighted by molar-refractivity contribution is 0.102. The molecule has 0 aromatic heterocycles. The second kappa shape index (κ2) is 8.91. The summed E-state index contributed by atoms with van der Waals surface area (Å²) >= 11 is 3.50. The van der Waals surface area contributed by atoms with Crippen molar-refractivity contribution in [1.82, 2.24) is 0 Å². The Morgan fingerprint density at radius 2 is 1.78 bits per heavy atom. The number of nitrogens with one attached hydrogen (secondary N) is 1. The zero-order valence-corrected chi connectivity index (χ0v) is 17.0. The van der Waals surface area contributed by atoms with E-state index in [1.165, 1.54) is 0 Å². The first-order valence-corrected chi connectivity index (χ1v) is 9.81. The standard InChI is InChI=1S/C22H22BrNO3/c1-3-11-27-21-19(23)13-17(14-20(21)26-4-2)22(25)24-18-10-9-15-7-5-6-8-16(15)12-18/h5-10,12-14H,3-4,11H2,1-2H3,(H,24,25). The fourth-order valence-electron chi connectivity index (χ4n) is 2.78. The summed E-state index contributed by atoms with van der Waals surface area (Å²) in [6.07, 6.45) is 0.891. The molecule has 0 saturated carbocycles. The first-order valence-electron chi connectivity index (χ1n) is 9.01. The third-order valence-corrected chi connectivity index (χ3v) is 4.62. The Bertz CT molecular complexity index is 955. The van der Waals surface area contributed by atoms with Crippen molar-refractivity contribution in [3.63, 3.8) is 0 Å². The minimum atomic E-state index is -0.200. The number of amides is 1. The molecule has 4 nitrogen and oxygen atoms in total. The van der Waals surface area contributed by atoms with Crippen LogP contribution in [0.4, 0.5) is 5.69 Å². The molecule has 5 heteroatoms. The van der Waals surface area contributed by atoms with Crippen molar-refractivity contribution in [2.45, 2.75) is 20.3 Å². The second-order valence-corrected chi connectivity index (χ2v) is 6.94. The van der Waals surface area contributed by atoms with E-state index in [1.807, 2.05) is 56.3 Å². The highest BCUT2D eigenvalue weighted by Gasteiger charge is 2.16. The number of fused-ring (bicyclic) bond motifs is 1. The summed E-state index contributed by atoms with van der Waals surface area (Å²) in [4.78, 5) is 12.8. The van der Waals surface area contributed by atoms with Gasteiger partial charge in [0.05, 0.1) is 17.7 Å². The van der Waals surface area contributed by atoms with E-state index in [0.717, 1.165) is 22.9 Å². The SMILES string of the molecule is CCCOc1c(Br)cc(C(=O)Nc2ccc3ccccc3c2)cc1OCC. The molecule has 0 saturated heterocycles. The number of rotatable bonds is 7. The first-order chi connectivity index (χ1) is 13.1. The number of hydrogen-bond donors (Lipinski definition) is 1. The molecule has 0 aliphatic heterocycles. The Balaban J connectivity index is 1.86. The number of carbonyl (C=O) groups excluding carboxylic acids is 1. The highest BCUT2D eigenvalue weighted by Crippen LogP contribution is 2.37. The van der Waals surface area contributed by atoms with Crippen molar-refractivity contribution in [2.75, 3.05) is 18.5 Å². The molecule has 1 amide bonds. The van der Waals surface area contributed by atoms with Crippen molar-refractivity contribution in [1.29, 1.82) is 0 Å². The smallest absolute Gasteiger partial charge is 0.255 e. The minimum Gasteiger partial charge on any atom is -0.490 e. The molecule has 0 unspecified atom stereocenters. The first kappa shape index (κ1) is 19.2. The van der Waals surface area contributed by atoms with E-state index < -0.39 is 0 Å². The Kier molecular flexibility index (Phi) is 6.35. The number of anilines is 1. The van der Waals surface area contributed by atoms with Crippen LogP contribution in [0.5, 0.6) is 11.5 Å². The predicted octanol–water partition coefficient (Wildman–Crippen LogP) is 6.04. The summed E-state index contributed by atoms with van der Waals surface area (Å²) in [5.74, 6) is 0.985. The molecule has 0 fully saturated rings. The molecule has 0 bridgehead atoms. The van der Waals surface area contributed by atoms with Crippen LogP contribution in [0, 0.1) is 0 Å². The summed E-state index contributed by atoms with van der Waals surface area (Å²) in [7, 11) is 0. The number of carbonyl (C=O) groups is 1. The Morgan fingerprint density at radius 3 is 2.52 bits per heavy atom. The number of benzene rings is 3. The van der Waals surface area contributed by atoms with Crippen molar-refractivity contribution >= 4 is 38.3 Å². The highest BCUT2D eigenvalue weighted by molar-refractivity contribution is 9.10. The third kappa shape index (κ3) is 4.61. The molecule has 0 radical (unpaired) electrons. The van der Waals surface area contributed by atoms with Gasteiger partial charge >= 0.3 is 0 Å². The molecule has 0 heterocycles. The van der Waals surface area contributed by atoms with Gasteiger partial charge in [0.2, 0.25) is 0 Å². The fraction of sp³-hybridized carbons (Fsp3) is 0.227. The zero-order valence-electron chi connectivity index (χ0n) is 15.4. The van der Waals surface area contributed by atoms with E-state index in [4.69, 9.17) is 9.47 Å². The molecule has 27 heavy (non-hydrogen) atoms. The Hall–Kier alpha value is -2.53. The van der Waals surface area contributed by atoms with Crippen molar-refractivity contribution in [2.24, 2.45) is 0 Å². The Morgan fingerprint density at radius 1 is 1.00 bits per heavy atom. The molecule has 3 aromatic carbocycles. The fourth-order valence-corrected chi connectivity index (χ4v) is 3.33. The lowest BCUT2D eigenvalue weighted by Crippen LogP contribution is -2.13. The van der Waals surface area contributed by atoms with Gasteiger partial charge in [-0.15, -0.1) is 0 Å². The van der Waals surface area contributed by atoms with Crippen LogP contribution in [0.15, 0.2) is 59.1 Å². The van der Waals surface area contributed by atoms with Crippen LogP contribution >= 0.6 is 15.9 Å². The molecule has 140 valence electrons. The summed E-state index contributed by atoms with van der Waals surface area (Å²) in [5, 5.41) is 5.17. The van der Waals surface area contributed by atoms with Gasteiger partial charge in [0.1, 0.15) is 0 Å². The van der Waals surface area contributed by atoms with Gasteiger partial charge in [0, 0.05) is 11.3 Å². The predicted molar refractivity (Wildman–Crippen MR) is 113 cm³/mol. The average molecular weight is 428 g/mol. The second-order valence-electron chi connectivity index (χ2n) is 6.08. The Labute approximate surface area is 167 Å². The average Bonchev–Trinajstić information content (AvgIpc) is 2.67. The molecule has 0 spiro atoms. The van der Waals surface area contributed by atoms with Gasteiger partial charge in [0.15, 0.2) is 11.5 Å². The van der Waals surface area contributed by atoms with E-state index in [-0.39, 0.29) is 5.91 Å². The van der Waals surface area contributed by atoms with Gasteiger partial charge < -0.3 is 14.8 Å². The lowest BCUT2D eigenvalue weighted by Gasteiger charge is -2.15. The quantitative estimate of drug-likeness (QED) is 0.499. The summed E-state index contributed by atoms with van der Waals surface area (Å²) in [5.41, 5.74) is 1.25. The van der Waals surface area contributed by atoms with Gasteiger partial charge in [-0.05, 0) is 64.3 Å². The van der Waals surface area contributed by atoms with Crippen molar-refractivity contribution < 1.29 is 14.3 Å². The van der Waals surface area contributed by atoms with Crippen LogP contribution < -0.4 is 14.8 Å². The van der Waals surface area contributed by atoms with Crippen molar-refractivity contribution in [3.05, 3.63) is 64.6 Å². The third-order valence-electron chi connectivity index (χ3n) is 4.03. The summed E-state index contributed by atoms with van der Waals surface area (Å²) in [6, 6.07) is 17.4. The summed E-state index contributed by atoms with van der Waals surface area (Å²) < 4.78 is 12.1. The van der Waals surface area contributed by atoms with E-state index >= 15 is 0 Å². The van der Waals surface area contributed by atoms with Crippen LogP contribution in [-0.4, -0.2) is 19.1 Å². The molecule has 3 rings (SSSR count). The molecule has 3 aromatic rings.